The molecule has 0 saturated heterocycles. The number of alkyl halides is 1. The molecule has 102 valence electrons. The maximum absolute atomic E-state index is 6.32. The van der Waals surface area contributed by atoms with Gasteiger partial charge in [0.1, 0.15) is 9.71 Å². The predicted octanol–water partition coefficient (Wildman–Crippen LogP) is 5.43. The minimum atomic E-state index is -0.495. The first-order chi connectivity index (χ1) is 9.65. The van der Waals surface area contributed by atoms with Crippen LogP contribution in [0.3, 0.4) is 0 Å². The highest BCUT2D eigenvalue weighted by molar-refractivity contribution is 7.20. The molecule has 0 aliphatic rings. The summed E-state index contributed by atoms with van der Waals surface area (Å²) in [6, 6.07) is 11.2. The maximum atomic E-state index is 6.32. The van der Waals surface area contributed by atoms with E-state index in [1.54, 1.807) is 6.07 Å². The number of aromatic nitrogens is 2. The van der Waals surface area contributed by atoms with E-state index in [4.69, 9.17) is 39.2 Å². The normalized spacial score (nSPS) is 12.6. The summed E-state index contributed by atoms with van der Waals surface area (Å²) < 4.78 is 6.66. The van der Waals surface area contributed by atoms with Crippen LogP contribution in [0.2, 0.25) is 8.67 Å². The van der Waals surface area contributed by atoms with Crippen LogP contribution in [0.15, 0.2) is 40.8 Å². The van der Waals surface area contributed by atoms with E-state index in [9.17, 15) is 0 Å². The fourth-order valence-corrected chi connectivity index (χ4v) is 3.38. The number of benzene rings is 1. The SMILES string of the molecule is Clc1cc(-c2nnc(C(Cl)c3ccccc3)o2)c(Cl)s1. The summed E-state index contributed by atoms with van der Waals surface area (Å²) in [7, 11) is 0. The van der Waals surface area contributed by atoms with Gasteiger partial charge in [-0.15, -0.1) is 33.1 Å². The number of rotatable bonds is 3. The highest BCUT2D eigenvalue weighted by Gasteiger charge is 2.20. The first kappa shape index (κ1) is 13.9. The largest absolute Gasteiger partial charge is 0.419 e. The van der Waals surface area contributed by atoms with Gasteiger partial charge in [-0.1, -0.05) is 53.5 Å². The Kier molecular flexibility index (Phi) is 3.98. The Morgan fingerprint density at radius 1 is 1.10 bits per heavy atom. The number of hydrogen-bond donors (Lipinski definition) is 0. The first-order valence-electron chi connectivity index (χ1n) is 5.63. The van der Waals surface area contributed by atoms with Gasteiger partial charge in [0.05, 0.1) is 9.90 Å². The van der Waals surface area contributed by atoms with Crippen molar-refractivity contribution in [1.29, 1.82) is 0 Å². The smallest absolute Gasteiger partial charge is 0.250 e. The third-order valence-corrected chi connectivity index (χ3v) is 4.56. The summed E-state index contributed by atoms with van der Waals surface area (Å²) in [6.45, 7) is 0. The Balaban J connectivity index is 1.93. The summed E-state index contributed by atoms with van der Waals surface area (Å²) in [5.41, 5.74) is 1.51. The molecule has 3 rings (SSSR count). The molecule has 0 fully saturated rings. The zero-order valence-electron chi connectivity index (χ0n) is 9.89. The fraction of sp³-hybridized carbons (Fsp3) is 0.0769. The number of thiophene rings is 1. The molecule has 1 unspecified atom stereocenters. The van der Waals surface area contributed by atoms with E-state index in [0.717, 1.165) is 5.56 Å². The molecular formula is C13H7Cl3N2OS. The molecule has 0 amide bonds. The van der Waals surface area contributed by atoms with Crippen molar-refractivity contribution in [1.82, 2.24) is 10.2 Å². The number of nitrogens with zero attached hydrogens (tertiary/aromatic N) is 2. The van der Waals surface area contributed by atoms with Crippen LogP contribution in [-0.4, -0.2) is 10.2 Å². The minimum Gasteiger partial charge on any atom is -0.419 e. The predicted molar refractivity (Wildman–Crippen MR) is 81.8 cm³/mol. The summed E-state index contributed by atoms with van der Waals surface area (Å²) >= 11 is 19.5. The fourth-order valence-electron chi connectivity index (χ4n) is 1.70. The maximum Gasteiger partial charge on any atom is 0.250 e. The van der Waals surface area contributed by atoms with Gasteiger partial charge in [0.15, 0.2) is 0 Å². The van der Waals surface area contributed by atoms with Gasteiger partial charge in [-0.05, 0) is 11.6 Å². The summed E-state index contributed by atoms with van der Waals surface area (Å²) in [5.74, 6) is 0.640. The molecule has 0 spiro atoms. The minimum absolute atomic E-state index is 0.315. The van der Waals surface area contributed by atoms with Crippen LogP contribution in [-0.2, 0) is 0 Å². The Bertz CT molecular complexity index is 726. The van der Waals surface area contributed by atoms with Crippen LogP contribution >= 0.6 is 46.1 Å². The van der Waals surface area contributed by atoms with Crippen LogP contribution in [0.5, 0.6) is 0 Å². The van der Waals surface area contributed by atoms with E-state index in [0.29, 0.717) is 26.0 Å². The van der Waals surface area contributed by atoms with Crippen molar-refractivity contribution in [3.8, 4) is 11.5 Å². The van der Waals surface area contributed by atoms with Crippen molar-refractivity contribution >= 4 is 46.1 Å². The summed E-state index contributed by atoms with van der Waals surface area (Å²) in [5, 5.41) is 7.45. The summed E-state index contributed by atoms with van der Waals surface area (Å²) in [6.07, 6.45) is 0. The molecule has 3 nitrogen and oxygen atoms in total. The topological polar surface area (TPSA) is 38.9 Å². The Labute approximate surface area is 134 Å². The van der Waals surface area contributed by atoms with E-state index in [-0.39, 0.29) is 0 Å². The van der Waals surface area contributed by atoms with Crippen LogP contribution in [0.1, 0.15) is 16.8 Å². The second-order valence-electron chi connectivity index (χ2n) is 3.96. The molecule has 1 atom stereocenters. The van der Waals surface area contributed by atoms with E-state index in [1.807, 2.05) is 30.3 Å². The molecule has 0 bridgehead atoms. The Morgan fingerprint density at radius 2 is 1.85 bits per heavy atom. The molecule has 2 heterocycles. The lowest BCUT2D eigenvalue weighted by atomic mass is 10.1. The van der Waals surface area contributed by atoms with Crippen molar-refractivity contribution in [2.75, 3.05) is 0 Å². The highest BCUT2D eigenvalue weighted by Crippen LogP contribution is 2.38. The third-order valence-electron chi connectivity index (χ3n) is 2.64. The van der Waals surface area contributed by atoms with Crippen LogP contribution in [0, 0.1) is 0 Å². The van der Waals surface area contributed by atoms with E-state index in [2.05, 4.69) is 10.2 Å². The Hall–Kier alpha value is -1.07. The van der Waals surface area contributed by atoms with Crippen LogP contribution in [0.4, 0.5) is 0 Å². The molecule has 0 N–H and O–H groups in total. The van der Waals surface area contributed by atoms with Gasteiger partial charge in [-0.2, -0.15) is 0 Å². The zero-order valence-corrected chi connectivity index (χ0v) is 13.0. The van der Waals surface area contributed by atoms with E-state index >= 15 is 0 Å². The Morgan fingerprint density at radius 3 is 2.50 bits per heavy atom. The molecule has 7 heteroatoms. The molecule has 0 saturated carbocycles. The van der Waals surface area contributed by atoms with Gasteiger partial charge in [0.2, 0.25) is 11.8 Å². The molecule has 20 heavy (non-hydrogen) atoms. The zero-order chi connectivity index (χ0) is 14.1. The van der Waals surface area contributed by atoms with Gasteiger partial charge < -0.3 is 4.42 Å². The number of hydrogen-bond acceptors (Lipinski definition) is 4. The molecule has 0 aliphatic carbocycles. The van der Waals surface area contributed by atoms with Crippen molar-refractivity contribution in [3.05, 3.63) is 56.5 Å². The lowest BCUT2D eigenvalue weighted by Crippen LogP contribution is -1.92. The molecule has 1 aromatic carbocycles. The van der Waals surface area contributed by atoms with E-state index in [1.165, 1.54) is 11.3 Å². The standard InChI is InChI=1S/C13H7Cl3N2OS/c14-9-6-8(11(16)20-9)12-17-18-13(19-12)10(15)7-4-2-1-3-5-7/h1-6,10H. The van der Waals surface area contributed by atoms with Gasteiger partial charge in [0, 0.05) is 0 Å². The monoisotopic (exact) mass is 344 g/mol. The lowest BCUT2D eigenvalue weighted by molar-refractivity contribution is 0.513. The van der Waals surface area contributed by atoms with Crippen LogP contribution in [0.25, 0.3) is 11.5 Å². The molecule has 2 aromatic heterocycles. The van der Waals surface area contributed by atoms with E-state index < -0.39 is 5.38 Å². The van der Waals surface area contributed by atoms with Crippen molar-refractivity contribution in [3.63, 3.8) is 0 Å². The summed E-state index contributed by atoms with van der Waals surface area (Å²) in [4.78, 5) is 0. The molecule has 3 aromatic rings. The van der Waals surface area contributed by atoms with Gasteiger partial charge in [-0.3, -0.25) is 0 Å². The van der Waals surface area contributed by atoms with Crippen molar-refractivity contribution < 1.29 is 4.42 Å². The third kappa shape index (κ3) is 2.69. The van der Waals surface area contributed by atoms with Crippen molar-refractivity contribution in [2.45, 2.75) is 5.38 Å². The van der Waals surface area contributed by atoms with Crippen LogP contribution < -0.4 is 0 Å². The average Bonchev–Trinajstić information content (AvgIpc) is 3.05. The van der Waals surface area contributed by atoms with Gasteiger partial charge in [0.25, 0.3) is 0 Å². The molecule has 0 aliphatic heterocycles. The second-order valence-corrected chi connectivity index (χ2v) is 6.68. The molecule has 0 radical (unpaired) electrons. The van der Waals surface area contributed by atoms with Gasteiger partial charge in [-0.25, -0.2) is 0 Å². The molecular weight excluding hydrogens is 339 g/mol. The van der Waals surface area contributed by atoms with Gasteiger partial charge >= 0.3 is 0 Å². The number of halogens is 3. The second kappa shape index (κ2) is 5.74. The highest BCUT2D eigenvalue weighted by atomic mass is 35.5. The first-order valence-corrected chi connectivity index (χ1v) is 7.63. The quantitative estimate of drug-likeness (QED) is 0.594. The average molecular weight is 346 g/mol. The lowest BCUT2D eigenvalue weighted by Gasteiger charge is -2.03. The van der Waals surface area contributed by atoms with Crippen molar-refractivity contribution in [2.24, 2.45) is 0 Å².